The smallest absolute Gasteiger partial charge is 0.416 e. The van der Waals surface area contributed by atoms with E-state index in [0.29, 0.717) is 23.8 Å². The van der Waals surface area contributed by atoms with Gasteiger partial charge in [0.1, 0.15) is 17.2 Å². The number of carbonyl (C=O) groups excluding carboxylic acids is 1. The lowest BCUT2D eigenvalue weighted by molar-refractivity contribution is 0.0575. The third kappa shape index (κ3) is 10.9. The Kier molecular flexibility index (Phi) is 13.1. The molecule has 0 atom stereocenters. The number of halogens is 1. The molecule has 3 aromatic heterocycles. The molecule has 0 aliphatic heterocycles. The molecular weight excluding hydrogens is 555 g/mol. The standard InChI is InChI=1S/C21H27N5O2.C14H22FN/c1-14(2)16-12-23-26-18(11-17(22)24-19(16)26)25(20(27)28-21(3,4)5)13-15-9-7-6-8-10-15;1-2-3-4-5-6-7-8-9-13-10-11-14(15)16-12-13/h6-12,14H,13H2,1-5H3,(H2,22,24);10-12H,2-9H2,1H3. The first-order chi connectivity index (χ1) is 21.0. The van der Waals surface area contributed by atoms with Crippen molar-refractivity contribution in [1.82, 2.24) is 19.6 Å². The molecule has 9 heteroatoms. The van der Waals surface area contributed by atoms with E-state index in [1.807, 2.05) is 57.2 Å². The summed E-state index contributed by atoms with van der Waals surface area (Å²) in [5.41, 5.74) is 9.18. The molecule has 4 aromatic rings. The van der Waals surface area contributed by atoms with Crippen LogP contribution in [0.15, 0.2) is 60.9 Å². The molecule has 1 amide bonds. The number of pyridine rings is 1. The lowest BCUT2D eigenvalue weighted by Gasteiger charge is -2.27. The molecular formula is C35H49FN6O2. The van der Waals surface area contributed by atoms with Gasteiger partial charge in [0.05, 0.1) is 12.7 Å². The summed E-state index contributed by atoms with van der Waals surface area (Å²) in [5, 5.41) is 4.47. The van der Waals surface area contributed by atoms with Crippen molar-refractivity contribution in [1.29, 1.82) is 0 Å². The normalized spacial score (nSPS) is 11.4. The quantitative estimate of drug-likeness (QED) is 0.128. The van der Waals surface area contributed by atoms with Gasteiger partial charge in [0.25, 0.3) is 0 Å². The summed E-state index contributed by atoms with van der Waals surface area (Å²) in [4.78, 5) is 22.7. The van der Waals surface area contributed by atoms with Gasteiger partial charge in [0.15, 0.2) is 5.65 Å². The fraction of sp³-hybridized carbons (Fsp3) is 0.486. The number of hydrogen-bond acceptors (Lipinski definition) is 6. The van der Waals surface area contributed by atoms with E-state index >= 15 is 0 Å². The summed E-state index contributed by atoms with van der Waals surface area (Å²) in [6.45, 7) is 12.2. The molecule has 4 rings (SSSR count). The van der Waals surface area contributed by atoms with Crippen LogP contribution < -0.4 is 10.6 Å². The highest BCUT2D eigenvalue weighted by Crippen LogP contribution is 2.27. The number of amides is 1. The van der Waals surface area contributed by atoms with Crippen molar-refractivity contribution in [3.8, 4) is 0 Å². The van der Waals surface area contributed by atoms with Crippen LogP contribution in [0.3, 0.4) is 0 Å². The molecule has 44 heavy (non-hydrogen) atoms. The van der Waals surface area contributed by atoms with Gasteiger partial charge in [-0.15, -0.1) is 0 Å². The Morgan fingerprint density at radius 2 is 1.66 bits per heavy atom. The van der Waals surface area contributed by atoms with Gasteiger partial charge in [-0.2, -0.15) is 14.0 Å². The van der Waals surface area contributed by atoms with Gasteiger partial charge in [-0.25, -0.2) is 14.8 Å². The summed E-state index contributed by atoms with van der Waals surface area (Å²) in [6.07, 6.45) is 13.2. The van der Waals surface area contributed by atoms with Crippen molar-refractivity contribution >= 4 is 23.4 Å². The zero-order valence-corrected chi connectivity index (χ0v) is 27.2. The molecule has 0 radical (unpaired) electrons. The van der Waals surface area contributed by atoms with E-state index in [0.717, 1.165) is 23.1 Å². The topological polar surface area (TPSA) is 98.6 Å². The van der Waals surface area contributed by atoms with Gasteiger partial charge in [-0.1, -0.05) is 95.7 Å². The van der Waals surface area contributed by atoms with E-state index in [1.54, 1.807) is 27.9 Å². The number of nitrogen functional groups attached to an aromatic ring is 1. The van der Waals surface area contributed by atoms with Crippen molar-refractivity contribution < 1.29 is 13.9 Å². The second kappa shape index (κ2) is 16.7. The number of anilines is 2. The lowest BCUT2D eigenvalue weighted by Crippen LogP contribution is -2.37. The minimum absolute atomic E-state index is 0.226. The van der Waals surface area contributed by atoms with Crippen LogP contribution in [0.4, 0.5) is 20.8 Å². The first kappa shape index (κ1) is 34.5. The highest BCUT2D eigenvalue weighted by molar-refractivity contribution is 5.87. The average Bonchev–Trinajstić information content (AvgIpc) is 3.40. The molecule has 0 spiro atoms. The summed E-state index contributed by atoms with van der Waals surface area (Å²) in [5.74, 6) is 0.686. The number of nitrogens with two attached hydrogens (primary N) is 1. The number of unbranched alkanes of at least 4 members (excludes halogenated alkanes) is 6. The van der Waals surface area contributed by atoms with Crippen LogP contribution in [0.5, 0.6) is 0 Å². The summed E-state index contributed by atoms with van der Waals surface area (Å²) < 4.78 is 19.8. The Bertz CT molecular complexity index is 1430. The first-order valence-corrected chi connectivity index (χ1v) is 15.8. The fourth-order valence-electron chi connectivity index (χ4n) is 4.74. The Balaban J connectivity index is 0.000000281. The summed E-state index contributed by atoms with van der Waals surface area (Å²) in [7, 11) is 0. The third-order valence-electron chi connectivity index (χ3n) is 7.05. The summed E-state index contributed by atoms with van der Waals surface area (Å²) >= 11 is 0. The number of hydrogen-bond donors (Lipinski definition) is 1. The van der Waals surface area contributed by atoms with E-state index in [-0.39, 0.29) is 11.9 Å². The van der Waals surface area contributed by atoms with E-state index < -0.39 is 11.7 Å². The molecule has 0 saturated heterocycles. The number of benzene rings is 1. The Morgan fingerprint density at radius 1 is 0.977 bits per heavy atom. The van der Waals surface area contributed by atoms with Crippen molar-refractivity contribution in [2.75, 3.05) is 10.6 Å². The molecule has 0 aliphatic carbocycles. The number of carbonyl (C=O) groups is 1. The monoisotopic (exact) mass is 604 g/mol. The van der Waals surface area contributed by atoms with Crippen molar-refractivity contribution in [2.24, 2.45) is 0 Å². The maximum atomic E-state index is 13.1. The number of ether oxygens (including phenoxy) is 1. The number of nitrogens with zero attached hydrogens (tertiary/aromatic N) is 5. The number of fused-ring (bicyclic) bond motifs is 1. The molecule has 8 nitrogen and oxygen atoms in total. The van der Waals surface area contributed by atoms with E-state index in [4.69, 9.17) is 10.5 Å². The minimum atomic E-state index is -0.628. The van der Waals surface area contributed by atoms with E-state index in [2.05, 4.69) is 35.8 Å². The molecule has 0 fully saturated rings. The first-order valence-electron chi connectivity index (χ1n) is 15.8. The maximum absolute atomic E-state index is 13.1. The molecule has 238 valence electrons. The van der Waals surface area contributed by atoms with Crippen LogP contribution in [0.1, 0.15) is 109 Å². The predicted molar refractivity (Wildman–Crippen MR) is 176 cm³/mol. The van der Waals surface area contributed by atoms with Gasteiger partial charge in [0, 0.05) is 17.8 Å². The van der Waals surface area contributed by atoms with Gasteiger partial charge in [-0.05, 0) is 56.7 Å². The highest BCUT2D eigenvalue weighted by Gasteiger charge is 2.27. The van der Waals surface area contributed by atoms with Crippen LogP contribution in [-0.4, -0.2) is 31.3 Å². The molecule has 0 aliphatic rings. The van der Waals surface area contributed by atoms with Crippen LogP contribution >= 0.6 is 0 Å². The highest BCUT2D eigenvalue weighted by atomic mass is 19.1. The van der Waals surface area contributed by atoms with Gasteiger partial charge < -0.3 is 10.5 Å². The second-order valence-electron chi connectivity index (χ2n) is 12.4. The number of aromatic nitrogens is 4. The Morgan fingerprint density at radius 3 is 2.27 bits per heavy atom. The zero-order chi connectivity index (χ0) is 32.1. The molecule has 0 unspecified atom stereocenters. The van der Waals surface area contributed by atoms with Crippen LogP contribution in [-0.2, 0) is 17.7 Å². The van der Waals surface area contributed by atoms with Crippen LogP contribution in [0.2, 0.25) is 0 Å². The minimum Gasteiger partial charge on any atom is -0.443 e. The third-order valence-corrected chi connectivity index (χ3v) is 7.05. The predicted octanol–water partition coefficient (Wildman–Crippen LogP) is 8.89. The second-order valence-corrected chi connectivity index (χ2v) is 12.4. The van der Waals surface area contributed by atoms with Crippen molar-refractivity contribution in [2.45, 2.75) is 111 Å². The van der Waals surface area contributed by atoms with Gasteiger partial charge >= 0.3 is 6.09 Å². The maximum Gasteiger partial charge on any atom is 0.416 e. The Labute approximate surface area is 261 Å². The molecule has 3 heterocycles. The number of aryl methyl sites for hydroxylation is 1. The van der Waals surface area contributed by atoms with E-state index in [9.17, 15) is 9.18 Å². The van der Waals surface area contributed by atoms with Gasteiger partial charge in [-0.3, -0.25) is 4.90 Å². The zero-order valence-electron chi connectivity index (χ0n) is 27.2. The van der Waals surface area contributed by atoms with Gasteiger partial charge in [0.2, 0.25) is 5.95 Å². The summed E-state index contributed by atoms with van der Waals surface area (Å²) in [6, 6.07) is 14.6. The SMILES string of the molecule is CC(C)c1cnn2c(N(Cc3ccccc3)C(=O)OC(C)(C)C)cc(N)nc12.CCCCCCCCCc1ccc(F)nc1. The van der Waals surface area contributed by atoms with Crippen molar-refractivity contribution in [3.63, 3.8) is 0 Å². The molecule has 1 aromatic carbocycles. The lowest BCUT2D eigenvalue weighted by atomic mass is 10.1. The van der Waals surface area contributed by atoms with Crippen molar-refractivity contribution in [3.05, 3.63) is 83.6 Å². The largest absolute Gasteiger partial charge is 0.443 e. The molecule has 2 N–H and O–H groups in total. The van der Waals surface area contributed by atoms with E-state index in [1.165, 1.54) is 51.0 Å². The van der Waals surface area contributed by atoms with Crippen LogP contribution in [0, 0.1) is 5.95 Å². The van der Waals surface area contributed by atoms with Crippen LogP contribution in [0.25, 0.3) is 5.65 Å². The number of rotatable bonds is 12. The fourth-order valence-corrected chi connectivity index (χ4v) is 4.74. The average molecular weight is 605 g/mol. The molecule has 0 bridgehead atoms. The Hall–Kier alpha value is -4.01. The molecule has 0 saturated carbocycles.